The first-order valence-electron chi connectivity index (χ1n) is 7.57. The molecule has 0 radical (unpaired) electrons. The molecular formula is C19H21NO. The van der Waals surface area contributed by atoms with Crippen molar-refractivity contribution in [3.05, 3.63) is 71.3 Å². The van der Waals surface area contributed by atoms with E-state index in [9.17, 15) is 4.79 Å². The van der Waals surface area contributed by atoms with Crippen LogP contribution in [0.15, 0.2) is 54.6 Å². The minimum atomic E-state index is -0.0629. The van der Waals surface area contributed by atoms with Gasteiger partial charge in [0.2, 0.25) is 5.91 Å². The van der Waals surface area contributed by atoms with E-state index in [1.165, 1.54) is 5.56 Å². The van der Waals surface area contributed by atoms with Gasteiger partial charge in [0, 0.05) is 5.92 Å². The molecular weight excluding hydrogens is 258 g/mol. The molecule has 2 aromatic rings. The Morgan fingerprint density at radius 3 is 2.19 bits per heavy atom. The summed E-state index contributed by atoms with van der Waals surface area (Å²) in [5.74, 6) is 0.901. The summed E-state index contributed by atoms with van der Waals surface area (Å²) < 4.78 is 0. The molecule has 0 heterocycles. The fourth-order valence-electron chi connectivity index (χ4n) is 2.70. The zero-order valence-corrected chi connectivity index (χ0v) is 12.5. The lowest BCUT2D eigenvalue weighted by Crippen LogP contribution is -2.30. The Kier molecular flexibility index (Phi) is 3.78. The molecule has 3 atom stereocenters. The Hall–Kier alpha value is -2.09. The molecule has 1 saturated carbocycles. The highest BCUT2D eigenvalue weighted by molar-refractivity contribution is 5.82. The number of hydrogen-bond donors (Lipinski definition) is 1. The molecule has 1 fully saturated rings. The van der Waals surface area contributed by atoms with Crippen LogP contribution in [0.5, 0.6) is 0 Å². The van der Waals surface area contributed by atoms with Crippen molar-refractivity contribution in [2.45, 2.75) is 26.3 Å². The van der Waals surface area contributed by atoms with Gasteiger partial charge in [-0.2, -0.15) is 0 Å². The van der Waals surface area contributed by atoms with Gasteiger partial charge in [0.1, 0.15) is 0 Å². The summed E-state index contributed by atoms with van der Waals surface area (Å²) in [7, 11) is 0. The molecule has 1 aliphatic rings. The van der Waals surface area contributed by atoms with Crippen LogP contribution in [0.1, 0.15) is 36.1 Å². The maximum Gasteiger partial charge on any atom is 0.224 e. The SMILES string of the molecule is Cc1ccc([C@H](NC(=O)[C@@H]2C[C@@H]2C)c2ccccc2)cc1. The zero-order valence-electron chi connectivity index (χ0n) is 12.5. The highest BCUT2D eigenvalue weighted by atomic mass is 16.2. The summed E-state index contributed by atoms with van der Waals surface area (Å²) in [6, 6.07) is 18.5. The summed E-state index contributed by atoms with van der Waals surface area (Å²) in [5, 5.41) is 3.22. The van der Waals surface area contributed by atoms with Crippen LogP contribution >= 0.6 is 0 Å². The zero-order chi connectivity index (χ0) is 14.8. The minimum absolute atomic E-state index is 0.0629. The second-order valence-electron chi connectivity index (χ2n) is 6.08. The van der Waals surface area contributed by atoms with Gasteiger partial charge >= 0.3 is 0 Å². The van der Waals surface area contributed by atoms with Gasteiger partial charge in [-0.1, -0.05) is 67.1 Å². The van der Waals surface area contributed by atoms with Crippen LogP contribution in [0.25, 0.3) is 0 Å². The fraction of sp³-hybridized carbons (Fsp3) is 0.316. The van der Waals surface area contributed by atoms with Crippen molar-refractivity contribution in [3.8, 4) is 0 Å². The Labute approximate surface area is 126 Å². The summed E-state index contributed by atoms with van der Waals surface area (Å²) in [6.07, 6.45) is 1.02. The van der Waals surface area contributed by atoms with E-state index in [1.807, 2.05) is 18.2 Å². The topological polar surface area (TPSA) is 29.1 Å². The third-order valence-corrected chi connectivity index (χ3v) is 4.28. The molecule has 2 nitrogen and oxygen atoms in total. The molecule has 108 valence electrons. The first kappa shape index (κ1) is 13.9. The Morgan fingerprint density at radius 2 is 1.62 bits per heavy atom. The van der Waals surface area contributed by atoms with Crippen LogP contribution in [0, 0.1) is 18.8 Å². The average molecular weight is 279 g/mol. The van der Waals surface area contributed by atoms with Gasteiger partial charge in [0.25, 0.3) is 0 Å². The van der Waals surface area contributed by atoms with Crippen LogP contribution in [-0.2, 0) is 4.79 Å². The van der Waals surface area contributed by atoms with Crippen LogP contribution in [-0.4, -0.2) is 5.91 Å². The molecule has 0 unspecified atom stereocenters. The molecule has 0 bridgehead atoms. The van der Waals surface area contributed by atoms with Gasteiger partial charge in [0.15, 0.2) is 0 Å². The van der Waals surface area contributed by atoms with Crippen LogP contribution in [0.2, 0.25) is 0 Å². The number of benzene rings is 2. The van der Waals surface area contributed by atoms with Gasteiger partial charge in [0.05, 0.1) is 6.04 Å². The number of carbonyl (C=O) groups is 1. The lowest BCUT2D eigenvalue weighted by atomic mass is 9.97. The number of hydrogen-bond acceptors (Lipinski definition) is 1. The Balaban J connectivity index is 1.87. The smallest absolute Gasteiger partial charge is 0.224 e. The highest BCUT2D eigenvalue weighted by Crippen LogP contribution is 2.38. The van der Waals surface area contributed by atoms with Crippen molar-refractivity contribution >= 4 is 5.91 Å². The predicted octanol–water partition coefficient (Wildman–Crippen LogP) is 3.86. The lowest BCUT2D eigenvalue weighted by Gasteiger charge is -2.20. The normalized spacial score (nSPS) is 21.6. The molecule has 0 aromatic heterocycles. The van der Waals surface area contributed by atoms with E-state index in [0.717, 1.165) is 17.5 Å². The van der Waals surface area contributed by atoms with Crippen molar-refractivity contribution in [2.24, 2.45) is 11.8 Å². The first-order valence-corrected chi connectivity index (χ1v) is 7.57. The molecule has 0 aliphatic heterocycles. The number of rotatable bonds is 4. The number of carbonyl (C=O) groups excluding carboxylic acids is 1. The number of aryl methyl sites for hydroxylation is 1. The molecule has 1 amide bonds. The van der Waals surface area contributed by atoms with Crippen molar-refractivity contribution in [1.29, 1.82) is 0 Å². The number of nitrogens with one attached hydrogen (secondary N) is 1. The van der Waals surface area contributed by atoms with Crippen molar-refractivity contribution in [2.75, 3.05) is 0 Å². The summed E-state index contributed by atoms with van der Waals surface area (Å²) >= 11 is 0. The molecule has 1 N–H and O–H groups in total. The largest absolute Gasteiger partial charge is 0.345 e. The predicted molar refractivity (Wildman–Crippen MR) is 84.9 cm³/mol. The maximum absolute atomic E-state index is 12.3. The summed E-state index contributed by atoms with van der Waals surface area (Å²) in [4.78, 5) is 12.3. The van der Waals surface area contributed by atoms with Gasteiger partial charge in [-0.3, -0.25) is 4.79 Å². The van der Waals surface area contributed by atoms with E-state index in [-0.39, 0.29) is 17.9 Å². The van der Waals surface area contributed by atoms with E-state index >= 15 is 0 Å². The van der Waals surface area contributed by atoms with Crippen molar-refractivity contribution < 1.29 is 4.79 Å². The number of amides is 1. The molecule has 0 spiro atoms. The van der Waals surface area contributed by atoms with E-state index in [2.05, 4.69) is 55.6 Å². The third-order valence-electron chi connectivity index (χ3n) is 4.28. The molecule has 2 aromatic carbocycles. The van der Waals surface area contributed by atoms with Gasteiger partial charge in [-0.05, 0) is 30.4 Å². The lowest BCUT2D eigenvalue weighted by molar-refractivity contribution is -0.123. The van der Waals surface area contributed by atoms with Crippen LogP contribution in [0.3, 0.4) is 0 Å². The third kappa shape index (κ3) is 3.15. The van der Waals surface area contributed by atoms with E-state index < -0.39 is 0 Å². The van der Waals surface area contributed by atoms with Crippen LogP contribution < -0.4 is 5.32 Å². The molecule has 0 saturated heterocycles. The first-order chi connectivity index (χ1) is 10.1. The molecule has 2 heteroatoms. The molecule has 21 heavy (non-hydrogen) atoms. The quantitative estimate of drug-likeness (QED) is 0.904. The second kappa shape index (κ2) is 5.72. The van der Waals surface area contributed by atoms with Crippen molar-refractivity contribution in [1.82, 2.24) is 5.32 Å². The Bertz CT molecular complexity index is 618. The fourth-order valence-corrected chi connectivity index (χ4v) is 2.70. The monoisotopic (exact) mass is 279 g/mol. The highest BCUT2D eigenvalue weighted by Gasteiger charge is 2.39. The molecule has 1 aliphatic carbocycles. The van der Waals surface area contributed by atoms with Gasteiger partial charge in [-0.25, -0.2) is 0 Å². The summed E-state index contributed by atoms with van der Waals surface area (Å²) in [6.45, 7) is 4.21. The van der Waals surface area contributed by atoms with Crippen LogP contribution in [0.4, 0.5) is 0 Å². The summed E-state index contributed by atoms with van der Waals surface area (Å²) in [5.41, 5.74) is 3.49. The van der Waals surface area contributed by atoms with E-state index in [0.29, 0.717) is 5.92 Å². The maximum atomic E-state index is 12.3. The average Bonchev–Trinajstić information content (AvgIpc) is 3.24. The Morgan fingerprint density at radius 1 is 1.05 bits per heavy atom. The van der Waals surface area contributed by atoms with Gasteiger partial charge < -0.3 is 5.32 Å². The van der Waals surface area contributed by atoms with Gasteiger partial charge in [-0.15, -0.1) is 0 Å². The minimum Gasteiger partial charge on any atom is -0.345 e. The standard InChI is InChI=1S/C19H21NO/c1-13-8-10-16(11-9-13)18(15-6-4-3-5-7-15)20-19(21)17-12-14(17)2/h3-11,14,17-18H,12H2,1-2H3,(H,20,21)/t14-,17+,18+/m0/s1. The van der Waals surface area contributed by atoms with E-state index in [4.69, 9.17) is 0 Å². The second-order valence-corrected chi connectivity index (χ2v) is 6.08. The van der Waals surface area contributed by atoms with Crippen molar-refractivity contribution in [3.63, 3.8) is 0 Å². The van der Waals surface area contributed by atoms with E-state index in [1.54, 1.807) is 0 Å². The molecule has 3 rings (SSSR count).